The van der Waals surface area contributed by atoms with Gasteiger partial charge in [-0.2, -0.15) is 5.10 Å². The zero-order chi connectivity index (χ0) is 13.9. The van der Waals surface area contributed by atoms with Gasteiger partial charge >= 0.3 is 5.97 Å². The second-order valence-electron chi connectivity index (χ2n) is 3.82. The molecule has 0 saturated heterocycles. The standard InChI is InChI=1S/C11H14ClN3O3/c1-6-8(10(12)15(3)14-6)4-5-9(16)13-7(2)11(17)18/h4-5,7H,1-3H3,(H,13,16)(H,17,18)/t7-/m1/s1. The van der Waals surface area contributed by atoms with Gasteiger partial charge in [0, 0.05) is 18.7 Å². The molecular weight excluding hydrogens is 258 g/mol. The predicted molar refractivity (Wildman–Crippen MR) is 67.2 cm³/mol. The molecule has 7 heteroatoms. The second-order valence-corrected chi connectivity index (χ2v) is 4.17. The summed E-state index contributed by atoms with van der Waals surface area (Å²) >= 11 is 5.98. The van der Waals surface area contributed by atoms with E-state index in [0.29, 0.717) is 16.4 Å². The quantitative estimate of drug-likeness (QED) is 0.800. The second kappa shape index (κ2) is 5.68. The highest BCUT2D eigenvalue weighted by Crippen LogP contribution is 2.19. The van der Waals surface area contributed by atoms with Crippen LogP contribution >= 0.6 is 11.6 Å². The molecule has 0 radical (unpaired) electrons. The highest BCUT2D eigenvalue weighted by molar-refractivity contribution is 6.31. The van der Waals surface area contributed by atoms with E-state index in [2.05, 4.69) is 10.4 Å². The van der Waals surface area contributed by atoms with E-state index in [4.69, 9.17) is 16.7 Å². The van der Waals surface area contributed by atoms with E-state index in [0.717, 1.165) is 0 Å². The van der Waals surface area contributed by atoms with E-state index in [1.54, 1.807) is 14.0 Å². The maximum absolute atomic E-state index is 11.4. The number of hydrogen-bond acceptors (Lipinski definition) is 3. The van der Waals surface area contributed by atoms with Crippen LogP contribution in [0.1, 0.15) is 18.2 Å². The van der Waals surface area contributed by atoms with Crippen LogP contribution < -0.4 is 5.32 Å². The van der Waals surface area contributed by atoms with Crippen molar-refractivity contribution in [2.45, 2.75) is 19.9 Å². The van der Waals surface area contributed by atoms with Gasteiger partial charge in [0.2, 0.25) is 5.91 Å². The minimum absolute atomic E-state index is 0.419. The largest absolute Gasteiger partial charge is 0.480 e. The molecule has 1 heterocycles. The fourth-order valence-electron chi connectivity index (χ4n) is 1.32. The first-order chi connectivity index (χ1) is 8.32. The Morgan fingerprint density at radius 2 is 2.17 bits per heavy atom. The highest BCUT2D eigenvalue weighted by Gasteiger charge is 2.12. The molecule has 18 heavy (non-hydrogen) atoms. The number of amides is 1. The lowest BCUT2D eigenvalue weighted by Crippen LogP contribution is -2.37. The van der Waals surface area contributed by atoms with E-state index in [1.807, 2.05) is 0 Å². The number of rotatable bonds is 4. The third-order valence-electron chi connectivity index (χ3n) is 2.33. The molecule has 0 spiro atoms. The Morgan fingerprint density at radius 3 is 2.61 bits per heavy atom. The van der Waals surface area contributed by atoms with Gasteiger partial charge in [-0.25, -0.2) is 0 Å². The number of halogens is 1. The fraction of sp³-hybridized carbons (Fsp3) is 0.364. The Kier molecular flexibility index (Phi) is 4.49. The third-order valence-corrected chi connectivity index (χ3v) is 2.77. The Hall–Kier alpha value is -1.82. The summed E-state index contributed by atoms with van der Waals surface area (Å²) in [5.41, 5.74) is 1.33. The van der Waals surface area contributed by atoms with Crippen molar-refractivity contribution in [3.05, 3.63) is 22.5 Å². The molecule has 1 atom stereocenters. The number of carbonyl (C=O) groups is 2. The number of nitrogens with one attached hydrogen (secondary N) is 1. The predicted octanol–water partition coefficient (Wildman–Crippen LogP) is 0.984. The summed E-state index contributed by atoms with van der Waals surface area (Å²) in [5, 5.41) is 15.4. The molecule has 0 bridgehead atoms. The third kappa shape index (κ3) is 3.33. The van der Waals surface area contributed by atoms with Crippen molar-refractivity contribution in [2.24, 2.45) is 7.05 Å². The van der Waals surface area contributed by atoms with Crippen LogP contribution in [0.4, 0.5) is 0 Å². The molecule has 98 valence electrons. The van der Waals surface area contributed by atoms with Gasteiger partial charge in [-0.1, -0.05) is 11.6 Å². The van der Waals surface area contributed by atoms with E-state index in [9.17, 15) is 9.59 Å². The number of carboxylic acids is 1. The minimum atomic E-state index is -1.09. The van der Waals surface area contributed by atoms with E-state index >= 15 is 0 Å². The molecule has 0 fully saturated rings. The van der Waals surface area contributed by atoms with Crippen molar-refractivity contribution in [1.82, 2.24) is 15.1 Å². The van der Waals surface area contributed by atoms with E-state index in [-0.39, 0.29) is 0 Å². The van der Waals surface area contributed by atoms with Gasteiger partial charge in [0.25, 0.3) is 0 Å². The molecule has 0 unspecified atom stereocenters. The van der Waals surface area contributed by atoms with Crippen LogP contribution in [0.3, 0.4) is 0 Å². The van der Waals surface area contributed by atoms with Gasteiger partial charge < -0.3 is 10.4 Å². The molecule has 1 aromatic rings. The molecule has 1 rings (SSSR count). The molecule has 2 N–H and O–H groups in total. The van der Waals surface area contributed by atoms with E-state index < -0.39 is 17.9 Å². The summed E-state index contributed by atoms with van der Waals surface area (Å²) in [7, 11) is 1.69. The zero-order valence-electron chi connectivity index (χ0n) is 10.3. The van der Waals surface area contributed by atoms with Crippen molar-refractivity contribution >= 4 is 29.6 Å². The van der Waals surface area contributed by atoms with Crippen LogP contribution in [-0.4, -0.2) is 32.8 Å². The summed E-state index contributed by atoms with van der Waals surface area (Å²) in [6.45, 7) is 3.15. The van der Waals surface area contributed by atoms with Gasteiger partial charge in [0.1, 0.15) is 11.2 Å². The van der Waals surface area contributed by atoms with Gasteiger partial charge in [-0.05, 0) is 19.9 Å². The molecule has 0 aliphatic heterocycles. The monoisotopic (exact) mass is 271 g/mol. The van der Waals surface area contributed by atoms with Gasteiger partial charge in [-0.3, -0.25) is 14.3 Å². The maximum Gasteiger partial charge on any atom is 0.325 e. The average Bonchev–Trinajstić information content (AvgIpc) is 2.51. The normalized spacial score (nSPS) is 12.7. The van der Waals surface area contributed by atoms with Crippen molar-refractivity contribution in [2.75, 3.05) is 0 Å². The van der Waals surface area contributed by atoms with Crippen LogP contribution in [0.15, 0.2) is 6.08 Å². The van der Waals surface area contributed by atoms with Gasteiger partial charge in [0.15, 0.2) is 0 Å². The highest BCUT2D eigenvalue weighted by atomic mass is 35.5. The van der Waals surface area contributed by atoms with E-state index in [1.165, 1.54) is 23.8 Å². The number of carboxylic acid groups (broad SMARTS) is 1. The molecule has 1 amide bonds. The fourth-order valence-corrected chi connectivity index (χ4v) is 1.56. The smallest absolute Gasteiger partial charge is 0.325 e. The summed E-state index contributed by atoms with van der Waals surface area (Å²) < 4.78 is 1.49. The number of nitrogens with zero attached hydrogens (tertiary/aromatic N) is 2. The topological polar surface area (TPSA) is 84.2 Å². The molecular formula is C11H14ClN3O3. The minimum Gasteiger partial charge on any atom is -0.480 e. The number of aromatic nitrogens is 2. The number of hydrogen-bond donors (Lipinski definition) is 2. The first-order valence-electron chi connectivity index (χ1n) is 5.23. The van der Waals surface area contributed by atoms with Crippen molar-refractivity contribution in [3.63, 3.8) is 0 Å². The molecule has 0 aromatic carbocycles. The van der Waals surface area contributed by atoms with Gasteiger partial charge in [-0.15, -0.1) is 0 Å². The first kappa shape index (κ1) is 14.2. The molecule has 0 aliphatic rings. The van der Waals surface area contributed by atoms with Crippen LogP contribution in [0.2, 0.25) is 5.15 Å². The molecule has 0 saturated carbocycles. The summed E-state index contributed by atoms with van der Waals surface area (Å²) in [4.78, 5) is 22.0. The van der Waals surface area contributed by atoms with Gasteiger partial charge in [0.05, 0.1) is 5.69 Å². The Bertz CT molecular complexity index is 508. The first-order valence-corrected chi connectivity index (χ1v) is 5.61. The van der Waals surface area contributed by atoms with Crippen molar-refractivity contribution in [1.29, 1.82) is 0 Å². The number of aliphatic carboxylic acids is 1. The van der Waals surface area contributed by atoms with Crippen molar-refractivity contribution in [3.8, 4) is 0 Å². The zero-order valence-corrected chi connectivity index (χ0v) is 11.0. The Balaban J connectivity index is 2.75. The lowest BCUT2D eigenvalue weighted by atomic mass is 10.2. The molecule has 0 aliphatic carbocycles. The summed E-state index contributed by atoms with van der Waals surface area (Å²) in [6, 6.07) is -0.937. The molecule has 6 nitrogen and oxygen atoms in total. The Labute approximate surface area is 109 Å². The SMILES string of the molecule is Cc1nn(C)c(Cl)c1C=CC(=O)N[C@H](C)C(=O)O. The maximum atomic E-state index is 11.4. The number of aryl methyl sites for hydroxylation is 2. The van der Waals surface area contributed by atoms with Crippen LogP contribution in [-0.2, 0) is 16.6 Å². The average molecular weight is 272 g/mol. The van der Waals surface area contributed by atoms with Crippen LogP contribution in [0.25, 0.3) is 6.08 Å². The van der Waals surface area contributed by atoms with Crippen LogP contribution in [0.5, 0.6) is 0 Å². The lowest BCUT2D eigenvalue weighted by molar-refractivity contribution is -0.140. The lowest BCUT2D eigenvalue weighted by Gasteiger charge is -2.05. The Morgan fingerprint density at radius 1 is 1.56 bits per heavy atom. The van der Waals surface area contributed by atoms with Crippen molar-refractivity contribution < 1.29 is 14.7 Å². The summed E-state index contributed by atoms with van der Waals surface area (Å²) in [5.74, 6) is -1.59. The number of carbonyl (C=O) groups excluding carboxylic acids is 1. The molecule has 1 aromatic heterocycles. The summed E-state index contributed by atoms with van der Waals surface area (Å²) in [6.07, 6.45) is 2.74. The van der Waals surface area contributed by atoms with Crippen LogP contribution in [0, 0.1) is 6.92 Å².